The van der Waals surface area contributed by atoms with Gasteiger partial charge in [0.1, 0.15) is 0 Å². The molecule has 1 saturated heterocycles. The molecule has 6 heteroatoms. The number of benzene rings is 1. The van der Waals surface area contributed by atoms with Gasteiger partial charge in [-0.05, 0) is 13.0 Å². The summed E-state index contributed by atoms with van der Waals surface area (Å²) in [5.74, 6) is 1.16. The van der Waals surface area contributed by atoms with E-state index in [0.717, 1.165) is 17.7 Å². The van der Waals surface area contributed by atoms with Crippen molar-refractivity contribution in [2.75, 3.05) is 19.6 Å². The maximum atomic E-state index is 11.3. The molecule has 0 saturated carbocycles. The molecule has 0 atom stereocenters. The summed E-state index contributed by atoms with van der Waals surface area (Å²) < 4.78 is 5.26. The number of aryl methyl sites for hydroxylation is 1. The average Bonchev–Trinajstić information content (AvgIpc) is 2.87. The minimum absolute atomic E-state index is 0.0367. The van der Waals surface area contributed by atoms with Crippen molar-refractivity contribution in [3.8, 4) is 11.4 Å². The van der Waals surface area contributed by atoms with Gasteiger partial charge < -0.3 is 9.84 Å². The maximum absolute atomic E-state index is 11.3. The Kier molecular flexibility index (Phi) is 3.47. The van der Waals surface area contributed by atoms with Crippen LogP contribution in [-0.2, 0) is 11.3 Å². The number of carbonyl (C=O) groups excluding carboxylic acids is 1. The normalized spacial score (nSPS) is 16.1. The summed E-state index contributed by atoms with van der Waals surface area (Å²) >= 11 is 0. The fourth-order valence-electron chi connectivity index (χ4n) is 2.24. The third-order valence-electron chi connectivity index (χ3n) is 3.22. The summed E-state index contributed by atoms with van der Waals surface area (Å²) in [5.41, 5.74) is 2.10. The molecule has 1 amide bonds. The smallest absolute Gasteiger partial charge is 0.241 e. The molecule has 0 spiro atoms. The Hall–Kier alpha value is -2.21. The SMILES string of the molecule is Cc1cccc(-c2noc(CN3CCNC(=O)C3)n2)c1. The van der Waals surface area contributed by atoms with Crippen LogP contribution < -0.4 is 5.32 Å². The van der Waals surface area contributed by atoms with Crippen molar-refractivity contribution in [2.45, 2.75) is 13.5 Å². The van der Waals surface area contributed by atoms with Gasteiger partial charge in [-0.25, -0.2) is 0 Å². The van der Waals surface area contributed by atoms with Crippen molar-refractivity contribution >= 4 is 5.91 Å². The molecule has 1 aromatic heterocycles. The quantitative estimate of drug-likeness (QED) is 0.901. The van der Waals surface area contributed by atoms with Gasteiger partial charge in [-0.15, -0.1) is 0 Å². The number of amides is 1. The van der Waals surface area contributed by atoms with Crippen LogP contribution in [-0.4, -0.2) is 40.6 Å². The summed E-state index contributed by atoms with van der Waals surface area (Å²) in [4.78, 5) is 17.7. The van der Waals surface area contributed by atoms with Crippen LogP contribution in [0, 0.1) is 6.92 Å². The van der Waals surface area contributed by atoms with Crippen molar-refractivity contribution in [1.82, 2.24) is 20.4 Å². The molecule has 0 aliphatic carbocycles. The van der Waals surface area contributed by atoms with Crippen LogP contribution in [0.2, 0.25) is 0 Å². The second kappa shape index (κ2) is 5.42. The number of piperazine rings is 1. The molecule has 104 valence electrons. The highest BCUT2D eigenvalue weighted by Crippen LogP contribution is 2.17. The predicted molar refractivity (Wildman–Crippen MR) is 72.8 cm³/mol. The fraction of sp³-hybridized carbons (Fsp3) is 0.357. The summed E-state index contributed by atoms with van der Waals surface area (Å²) in [7, 11) is 0. The summed E-state index contributed by atoms with van der Waals surface area (Å²) in [6, 6.07) is 7.96. The first-order valence-corrected chi connectivity index (χ1v) is 6.59. The molecular formula is C14H16N4O2. The lowest BCUT2D eigenvalue weighted by Gasteiger charge is -2.24. The number of hydrogen-bond acceptors (Lipinski definition) is 5. The summed E-state index contributed by atoms with van der Waals surface area (Å²) in [6.45, 7) is 4.37. The highest BCUT2D eigenvalue weighted by Gasteiger charge is 2.19. The number of nitrogens with one attached hydrogen (secondary N) is 1. The molecule has 2 heterocycles. The van der Waals surface area contributed by atoms with Crippen LogP contribution in [0.5, 0.6) is 0 Å². The van der Waals surface area contributed by atoms with Crippen molar-refractivity contribution in [3.63, 3.8) is 0 Å². The molecule has 6 nitrogen and oxygen atoms in total. The standard InChI is InChI=1S/C14H16N4O2/c1-10-3-2-4-11(7-10)14-16-13(20-17-14)9-18-6-5-15-12(19)8-18/h2-4,7H,5-6,8-9H2,1H3,(H,15,19). The number of nitrogens with zero attached hydrogens (tertiary/aromatic N) is 3. The molecule has 0 unspecified atom stereocenters. The van der Waals surface area contributed by atoms with Gasteiger partial charge in [0.05, 0.1) is 13.1 Å². The maximum Gasteiger partial charge on any atom is 0.241 e. The van der Waals surface area contributed by atoms with Gasteiger partial charge in [-0.2, -0.15) is 4.98 Å². The molecule has 2 aromatic rings. The lowest BCUT2D eigenvalue weighted by atomic mass is 10.1. The van der Waals surface area contributed by atoms with Crippen LogP contribution in [0.25, 0.3) is 11.4 Å². The van der Waals surface area contributed by atoms with Crippen molar-refractivity contribution in [2.24, 2.45) is 0 Å². The lowest BCUT2D eigenvalue weighted by molar-refractivity contribution is -0.124. The second-order valence-electron chi connectivity index (χ2n) is 4.94. The van der Waals surface area contributed by atoms with Crippen LogP contribution in [0.15, 0.2) is 28.8 Å². The Morgan fingerprint density at radius 3 is 3.15 bits per heavy atom. The van der Waals surface area contributed by atoms with E-state index < -0.39 is 0 Å². The van der Waals surface area contributed by atoms with Crippen molar-refractivity contribution < 1.29 is 9.32 Å². The molecule has 3 rings (SSSR count). The average molecular weight is 272 g/mol. The first-order chi connectivity index (χ1) is 9.70. The minimum Gasteiger partial charge on any atom is -0.354 e. The molecule has 1 aromatic carbocycles. The van der Waals surface area contributed by atoms with E-state index >= 15 is 0 Å². The van der Waals surface area contributed by atoms with Crippen LogP contribution in [0.1, 0.15) is 11.5 Å². The zero-order valence-corrected chi connectivity index (χ0v) is 11.3. The van der Waals surface area contributed by atoms with E-state index in [9.17, 15) is 4.79 Å². The Balaban J connectivity index is 1.72. The largest absolute Gasteiger partial charge is 0.354 e. The zero-order chi connectivity index (χ0) is 13.9. The van der Waals surface area contributed by atoms with E-state index in [-0.39, 0.29) is 5.91 Å². The number of rotatable bonds is 3. The Labute approximate surface area is 116 Å². The van der Waals surface area contributed by atoms with Gasteiger partial charge in [0.15, 0.2) is 0 Å². The van der Waals surface area contributed by atoms with E-state index in [0.29, 0.717) is 31.3 Å². The van der Waals surface area contributed by atoms with Crippen LogP contribution >= 0.6 is 0 Å². The van der Waals surface area contributed by atoms with Gasteiger partial charge in [-0.1, -0.05) is 28.9 Å². The molecule has 0 bridgehead atoms. The molecule has 1 aliphatic rings. The Morgan fingerprint density at radius 1 is 1.45 bits per heavy atom. The first-order valence-electron chi connectivity index (χ1n) is 6.59. The van der Waals surface area contributed by atoms with Gasteiger partial charge in [-0.3, -0.25) is 9.69 Å². The van der Waals surface area contributed by atoms with Gasteiger partial charge in [0.2, 0.25) is 17.6 Å². The summed E-state index contributed by atoms with van der Waals surface area (Å²) in [6.07, 6.45) is 0. The number of carbonyl (C=O) groups is 1. The molecule has 0 radical (unpaired) electrons. The van der Waals surface area contributed by atoms with E-state index in [4.69, 9.17) is 4.52 Å². The lowest BCUT2D eigenvalue weighted by Crippen LogP contribution is -2.47. The molecule has 20 heavy (non-hydrogen) atoms. The van der Waals surface area contributed by atoms with E-state index in [1.165, 1.54) is 0 Å². The Bertz CT molecular complexity index is 623. The van der Waals surface area contributed by atoms with Gasteiger partial charge in [0, 0.05) is 18.7 Å². The molecule has 1 N–H and O–H groups in total. The minimum atomic E-state index is 0.0367. The van der Waals surface area contributed by atoms with Gasteiger partial charge in [0.25, 0.3) is 0 Å². The van der Waals surface area contributed by atoms with E-state index in [1.807, 2.05) is 36.1 Å². The monoisotopic (exact) mass is 272 g/mol. The molecular weight excluding hydrogens is 256 g/mol. The molecule has 1 aliphatic heterocycles. The van der Waals surface area contributed by atoms with Crippen molar-refractivity contribution in [3.05, 3.63) is 35.7 Å². The van der Waals surface area contributed by atoms with E-state index in [1.54, 1.807) is 0 Å². The topological polar surface area (TPSA) is 71.3 Å². The predicted octanol–water partition coefficient (Wildman–Crippen LogP) is 0.977. The van der Waals surface area contributed by atoms with Crippen LogP contribution in [0.4, 0.5) is 0 Å². The van der Waals surface area contributed by atoms with Crippen molar-refractivity contribution in [1.29, 1.82) is 0 Å². The fourth-order valence-corrected chi connectivity index (χ4v) is 2.24. The highest BCUT2D eigenvalue weighted by molar-refractivity contribution is 5.78. The number of aromatic nitrogens is 2. The van der Waals surface area contributed by atoms with Crippen LogP contribution in [0.3, 0.4) is 0 Å². The number of hydrogen-bond donors (Lipinski definition) is 1. The van der Waals surface area contributed by atoms with Gasteiger partial charge >= 0.3 is 0 Å². The van der Waals surface area contributed by atoms with E-state index in [2.05, 4.69) is 15.5 Å². The second-order valence-corrected chi connectivity index (χ2v) is 4.94. The summed E-state index contributed by atoms with van der Waals surface area (Å²) in [5, 5.41) is 6.79. The third-order valence-corrected chi connectivity index (χ3v) is 3.22. The third kappa shape index (κ3) is 2.85. The zero-order valence-electron chi connectivity index (χ0n) is 11.3. The first kappa shape index (κ1) is 12.8. The highest BCUT2D eigenvalue weighted by atomic mass is 16.5. The Morgan fingerprint density at radius 2 is 2.35 bits per heavy atom. The molecule has 1 fully saturated rings.